The fourth-order valence-electron chi connectivity index (χ4n) is 5.21. The second-order valence-electron chi connectivity index (χ2n) is 9.99. The van der Waals surface area contributed by atoms with Gasteiger partial charge in [-0.2, -0.15) is 0 Å². The maximum atomic E-state index is 13.8. The van der Waals surface area contributed by atoms with E-state index in [4.69, 9.17) is 20.4 Å². The van der Waals surface area contributed by atoms with Crippen LogP contribution < -0.4 is 15.5 Å². The zero-order valence-corrected chi connectivity index (χ0v) is 22.5. The first-order valence-corrected chi connectivity index (χ1v) is 13.4. The Labute approximate surface area is 223 Å². The third kappa shape index (κ3) is 5.27. The van der Waals surface area contributed by atoms with Gasteiger partial charge in [0, 0.05) is 44.3 Å². The summed E-state index contributed by atoms with van der Waals surface area (Å²) in [5.41, 5.74) is 8.83. The van der Waals surface area contributed by atoms with E-state index in [1.807, 2.05) is 35.8 Å². The number of nitrogens with two attached hydrogens (primary N) is 1. The predicted molar refractivity (Wildman–Crippen MR) is 146 cm³/mol. The minimum Gasteiger partial charge on any atom is -0.379 e. The van der Waals surface area contributed by atoms with Gasteiger partial charge in [-0.25, -0.2) is 9.97 Å². The van der Waals surface area contributed by atoms with Crippen molar-refractivity contribution in [3.63, 3.8) is 0 Å². The van der Waals surface area contributed by atoms with Crippen LogP contribution in [0, 0.1) is 0 Å². The molecule has 3 aromatic rings. The average molecular weight is 520 g/mol. The number of rotatable bonds is 11. The quantitative estimate of drug-likeness (QED) is 0.381. The molecule has 0 saturated carbocycles. The van der Waals surface area contributed by atoms with Crippen LogP contribution >= 0.6 is 0 Å². The van der Waals surface area contributed by atoms with E-state index in [1.165, 1.54) is 0 Å². The molecule has 38 heavy (non-hydrogen) atoms. The molecule has 1 fully saturated rings. The lowest BCUT2D eigenvalue weighted by atomic mass is 10.1. The van der Waals surface area contributed by atoms with Gasteiger partial charge < -0.3 is 19.9 Å². The number of likely N-dealkylation sites (N-methyl/N-ethyl adjacent to an activating group) is 1. The van der Waals surface area contributed by atoms with E-state index in [9.17, 15) is 4.79 Å². The number of aromatic nitrogens is 5. The van der Waals surface area contributed by atoms with Crippen LogP contribution in [0.5, 0.6) is 0 Å². The number of carbonyl (C=O) groups is 1. The average Bonchev–Trinajstić information content (AvgIpc) is 3.65. The lowest BCUT2D eigenvalue weighted by Crippen LogP contribution is -2.29. The number of nitrogens with zero attached hydrogens (tertiary/aromatic N) is 8. The molecule has 11 nitrogen and oxygen atoms in total. The Hall–Kier alpha value is -3.41. The molecule has 0 aliphatic carbocycles. The molecule has 1 saturated heterocycles. The van der Waals surface area contributed by atoms with Crippen LogP contribution in [0.25, 0.3) is 11.5 Å². The molecule has 0 unspecified atom stereocenters. The normalized spacial score (nSPS) is 17.2. The van der Waals surface area contributed by atoms with Gasteiger partial charge >= 0.3 is 0 Å². The Kier molecular flexibility index (Phi) is 7.96. The Morgan fingerprint density at radius 2 is 2.08 bits per heavy atom. The molecule has 0 spiro atoms. The smallest absolute Gasteiger partial charge is 0.260 e. The molecular weight excluding hydrogens is 482 g/mol. The second kappa shape index (κ2) is 11.5. The summed E-state index contributed by atoms with van der Waals surface area (Å²) in [6.07, 6.45) is 3.95. The Morgan fingerprint density at radius 1 is 1.21 bits per heavy atom. The van der Waals surface area contributed by atoms with Crippen LogP contribution in [0.1, 0.15) is 48.3 Å². The fourth-order valence-corrected chi connectivity index (χ4v) is 5.21. The van der Waals surface area contributed by atoms with Crippen molar-refractivity contribution in [3.05, 3.63) is 47.4 Å². The Bertz CT molecular complexity index is 1280. The van der Waals surface area contributed by atoms with Crippen molar-refractivity contribution in [1.29, 1.82) is 0 Å². The first kappa shape index (κ1) is 26.2. The van der Waals surface area contributed by atoms with Crippen LogP contribution in [0.4, 0.5) is 11.6 Å². The maximum absolute atomic E-state index is 13.8. The van der Waals surface area contributed by atoms with E-state index in [2.05, 4.69) is 34.0 Å². The van der Waals surface area contributed by atoms with Gasteiger partial charge in [0.05, 0.1) is 31.0 Å². The van der Waals surface area contributed by atoms with Crippen LogP contribution in [-0.2, 0) is 24.4 Å². The molecule has 2 aliphatic heterocycles. The molecule has 0 aromatic carbocycles. The van der Waals surface area contributed by atoms with Crippen LogP contribution in [0.2, 0.25) is 0 Å². The monoisotopic (exact) mass is 519 g/mol. The number of amides is 1. The fraction of sp³-hybridized carbons (Fsp3) is 0.519. The summed E-state index contributed by atoms with van der Waals surface area (Å²) in [6.45, 7) is 9.41. The Balaban J connectivity index is 1.45. The van der Waals surface area contributed by atoms with Gasteiger partial charge in [0.25, 0.3) is 5.91 Å². The minimum absolute atomic E-state index is 0.0488. The number of pyridine rings is 2. The van der Waals surface area contributed by atoms with Crippen molar-refractivity contribution in [2.75, 3.05) is 49.7 Å². The van der Waals surface area contributed by atoms with E-state index in [1.54, 1.807) is 11.2 Å². The summed E-state index contributed by atoms with van der Waals surface area (Å²) >= 11 is 0. The standard InChI is InChI=1S/C27H37N9O2/c1-4-34-18-29-32-26(34)22-8-5-9-24(30-22)36-16-21-20(27(36)37)15-25(35-11-6-7-19(35)2)31-23(21)17-33(3)12-14-38-13-10-28/h5,8-9,15,18-19H,4,6-7,10-14,16-17,28H2,1-3H3/t19-/m1/s1. The number of aryl methyl sites for hydroxylation is 1. The lowest BCUT2D eigenvalue weighted by molar-refractivity contribution is 0.0995. The molecule has 5 heterocycles. The molecule has 0 bridgehead atoms. The van der Waals surface area contributed by atoms with Gasteiger partial charge in [-0.05, 0) is 51.9 Å². The van der Waals surface area contributed by atoms with Gasteiger partial charge in [0.15, 0.2) is 5.82 Å². The number of carbonyl (C=O) groups excluding carboxylic acids is 1. The second-order valence-corrected chi connectivity index (χ2v) is 9.99. The zero-order chi connectivity index (χ0) is 26.6. The van der Waals surface area contributed by atoms with Crippen molar-refractivity contribution in [3.8, 4) is 11.5 Å². The number of hydrogen-bond donors (Lipinski definition) is 1. The van der Waals surface area contributed by atoms with Gasteiger partial charge in [-0.15, -0.1) is 10.2 Å². The number of anilines is 2. The number of fused-ring (bicyclic) bond motifs is 1. The zero-order valence-electron chi connectivity index (χ0n) is 22.5. The van der Waals surface area contributed by atoms with E-state index >= 15 is 0 Å². The first-order valence-electron chi connectivity index (χ1n) is 13.4. The topological polar surface area (TPSA) is 119 Å². The third-order valence-electron chi connectivity index (χ3n) is 7.33. The molecule has 202 valence electrons. The molecule has 5 rings (SSSR count). The van der Waals surface area contributed by atoms with Crippen molar-refractivity contribution in [1.82, 2.24) is 29.6 Å². The van der Waals surface area contributed by atoms with Crippen LogP contribution in [0.3, 0.4) is 0 Å². The molecule has 11 heteroatoms. The van der Waals surface area contributed by atoms with Gasteiger partial charge in [0.1, 0.15) is 23.7 Å². The van der Waals surface area contributed by atoms with E-state index in [-0.39, 0.29) is 5.91 Å². The van der Waals surface area contributed by atoms with Crippen molar-refractivity contribution < 1.29 is 9.53 Å². The molecular formula is C27H37N9O2. The summed E-state index contributed by atoms with van der Waals surface area (Å²) < 4.78 is 7.51. The van der Waals surface area contributed by atoms with Crippen molar-refractivity contribution in [2.24, 2.45) is 5.73 Å². The van der Waals surface area contributed by atoms with Gasteiger partial charge in [0.2, 0.25) is 0 Å². The highest BCUT2D eigenvalue weighted by atomic mass is 16.5. The van der Waals surface area contributed by atoms with Crippen LogP contribution in [0.15, 0.2) is 30.6 Å². The van der Waals surface area contributed by atoms with E-state index < -0.39 is 0 Å². The largest absolute Gasteiger partial charge is 0.379 e. The van der Waals surface area contributed by atoms with E-state index in [0.29, 0.717) is 61.8 Å². The van der Waals surface area contributed by atoms with Gasteiger partial charge in [-0.3, -0.25) is 14.6 Å². The molecule has 3 aromatic heterocycles. The highest BCUT2D eigenvalue weighted by Gasteiger charge is 2.34. The summed E-state index contributed by atoms with van der Waals surface area (Å²) in [5.74, 6) is 2.11. The summed E-state index contributed by atoms with van der Waals surface area (Å²) in [7, 11) is 2.05. The molecule has 1 atom stereocenters. The third-order valence-corrected chi connectivity index (χ3v) is 7.33. The Morgan fingerprint density at radius 3 is 2.84 bits per heavy atom. The molecule has 1 amide bonds. The number of ether oxygens (including phenoxy) is 1. The summed E-state index contributed by atoms with van der Waals surface area (Å²) in [6, 6.07) is 8.06. The maximum Gasteiger partial charge on any atom is 0.260 e. The molecule has 0 radical (unpaired) electrons. The molecule has 2 N–H and O–H groups in total. The lowest BCUT2D eigenvalue weighted by Gasteiger charge is -2.25. The summed E-state index contributed by atoms with van der Waals surface area (Å²) in [5, 5.41) is 8.27. The van der Waals surface area contributed by atoms with Crippen molar-refractivity contribution in [2.45, 2.75) is 52.4 Å². The minimum atomic E-state index is -0.0488. The van der Waals surface area contributed by atoms with Crippen molar-refractivity contribution >= 4 is 17.5 Å². The van der Waals surface area contributed by atoms with Gasteiger partial charge in [-0.1, -0.05) is 6.07 Å². The van der Waals surface area contributed by atoms with Crippen LogP contribution in [-0.4, -0.2) is 81.5 Å². The number of hydrogen-bond acceptors (Lipinski definition) is 9. The van der Waals surface area contributed by atoms with E-state index in [0.717, 1.165) is 49.6 Å². The highest BCUT2D eigenvalue weighted by molar-refractivity contribution is 6.10. The molecule has 2 aliphatic rings. The first-order chi connectivity index (χ1) is 18.5. The predicted octanol–water partition coefficient (Wildman–Crippen LogP) is 2.31. The summed E-state index contributed by atoms with van der Waals surface area (Å²) in [4.78, 5) is 30.0. The SMILES string of the molecule is CCn1cnnc1-c1cccc(N2Cc3c(cc(N4CCC[C@H]4C)nc3CN(C)CCOCCN)C2=O)n1. The highest BCUT2D eigenvalue weighted by Crippen LogP contribution is 2.34.